The van der Waals surface area contributed by atoms with Gasteiger partial charge in [0.15, 0.2) is 0 Å². The highest BCUT2D eigenvalue weighted by Gasteiger charge is 2.43. The summed E-state index contributed by atoms with van der Waals surface area (Å²) >= 11 is 0. The van der Waals surface area contributed by atoms with Crippen LogP contribution in [0.3, 0.4) is 0 Å². The molecular formula is C20H21F3N2O2S. The van der Waals surface area contributed by atoms with Crippen LogP contribution in [0.1, 0.15) is 41.1 Å². The maximum absolute atomic E-state index is 13.5. The van der Waals surface area contributed by atoms with Crippen molar-refractivity contribution in [2.45, 2.75) is 38.0 Å². The fraction of sp³-hybridized carbons (Fsp3) is 0.400. The van der Waals surface area contributed by atoms with Crippen LogP contribution in [0.15, 0.2) is 48.5 Å². The zero-order valence-corrected chi connectivity index (χ0v) is 16.0. The highest BCUT2D eigenvalue weighted by Crippen LogP contribution is 2.42. The first-order valence-corrected chi connectivity index (χ1v) is 10.7. The molecule has 4 rings (SSSR count). The van der Waals surface area contributed by atoms with Crippen molar-refractivity contribution in [1.82, 2.24) is 8.61 Å². The zero-order chi connectivity index (χ0) is 19.9. The van der Waals surface area contributed by atoms with E-state index in [1.807, 2.05) is 24.3 Å². The average Bonchev–Trinajstić information content (AvgIpc) is 3.17. The Balaban J connectivity index is 1.66. The molecule has 0 aliphatic carbocycles. The van der Waals surface area contributed by atoms with E-state index in [0.29, 0.717) is 25.8 Å². The first-order valence-electron chi connectivity index (χ1n) is 9.28. The van der Waals surface area contributed by atoms with E-state index in [9.17, 15) is 21.6 Å². The van der Waals surface area contributed by atoms with Crippen molar-refractivity contribution >= 4 is 10.2 Å². The van der Waals surface area contributed by atoms with Crippen molar-refractivity contribution < 1.29 is 21.6 Å². The molecule has 150 valence electrons. The maximum atomic E-state index is 13.5. The molecule has 0 radical (unpaired) electrons. The standard InChI is InChI=1S/C20H21F3N2O2S/c21-20(22,23)18-9-4-3-8-17(18)19-10-5-12-25(19)28(26,27)24-13-11-15-6-1-2-7-16(15)14-24/h1-4,6-9,19H,5,10-14H2. The van der Waals surface area contributed by atoms with Gasteiger partial charge in [0.1, 0.15) is 0 Å². The maximum Gasteiger partial charge on any atom is 0.416 e. The Kier molecular flexibility index (Phi) is 4.97. The van der Waals surface area contributed by atoms with E-state index >= 15 is 0 Å². The van der Waals surface area contributed by atoms with Crippen molar-refractivity contribution in [2.75, 3.05) is 13.1 Å². The minimum atomic E-state index is -4.52. The summed E-state index contributed by atoms with van der Waals surface area (Å²) in [6, 6.07) is 12.2. The van der Waals surface area contributed by atoms with Gasteiger partial charge in [0, 0.05) is 19.6 Å². The molecule has 2 heterocycles. The van der Waals surface area contributed by atoms with E-state index in [0.717, 1.165) is 17.2 Å². The van der Waals surface area contributed by atoms with Crippen molar-refractivity contribution in [3.63, 3.8) is 0 Å². The number of benzene rings is 2. The summed E-state index contributed by atoms with van der Waals surface area (Å²) in [5, 5.41) is 0. The molecule has 8 heteroatoms. The van der Waals surface area contributed by atoms with Gasteiger partial charge in [0.05, 0.1) is 11.6 Å². The fourth-order valence-corrected chi connectivity index (χ4v) is 6.01. The summed E-state index contributed by atoms with van der Waals surface area (Å²) in [7, 11) is -3.86. The molecule has 1 saturated heterocycles. The van der Waals surface area contributed by atoms with Crippen molar-refractivity contribution in [2.24, 2.45) is 0 Å². The highest BCUT2D eigenvalue weighted by atomic mass is 32.2. The van der Waals surface area contributed by atoms with Gasteiger partial charge in [-0.1, -0.05) is 42.5 Å². The molecule has 1 atom stereocenters. The molecule has 0 bridgehead atoms. The number of fused-ring (bicyclic) bond motifs is 1. The quantitative estimate of drug-likeness (QED) is 0.763. The van der Waals surface area contributed by atoms with Gasteiger partial charge in [-0.2, -0.15) is 30.2 Å². The number of rotatable bonds is 3. The molecule has 1 fully saturated rings. The highest BCUT2D eigenvalue weighted by molar-refractivity contribution is 7.86. The zero-order valence-electron chi connectivity index (χ0n) is 15.2. The molecule has 4 nitrogen and oxygen atoms in total. The third kappa shape index (κ3) is 3.44. The van der Waals surface area contributed by atoms with Gasteiger partial charge >= 0.3 is 6.18 Å². The Morgan fingerprint density at radius 3 is 2.36 bits per heavy atom. The van der Waals surface area contributed by atoms with E-state index in [1.165, 1.54) is 26.8 Å². The SMILES string of the molecule is O=S(=O)(N1CCc2ccccc2C1)N1CCCC1c1ccccc1C(F)(F)F. The summed E-state index contributed by atoms with van der Waals surface area (Å²) < 4.78 is 69.7. The van der Waals surface area contributed by atoms with E-state index in [4.69, 9.17) is 0 Å². The summed E-state index contributed by atoms with van der Waals surface area (Å²) in [6.45, 7) is 0.823. The Bertz CT molecular complexity index is 975. The van der Waals surface area contributed by atoms with Gasteiger partial charge in [-0.25, -0.2) is 0 Å². The van der Waals surface area contributed by atoms with Crippen LogP contribution in [0.5, 0.6) is 0 Å². The van der Waals surface area contributed by atoms with Crippen molar-refractivity contribution in [3.8, 4) is 0 Å². The van der Waals surface area contributed by atoms with Gasteiger partial charge in [0.25, 0.3) is 10.2 Å². The van der Waals surface area contributed by atoms with Gasteiger partial charge in [-0.05, 0) is 42.0 Å². The number of halogens is 3. The molecule has 0 spiro atoms. The van der Waals surface area contributed by atoms with E-state index < -0.39 is 28.0 Å². The third-order valence-corrected chi connectivity index (χ3v) is 7.54. The molecule has 28 heavy (non-hydrogen) atoms. The third-order valence-electron chi connectivity index (χ3n) is 5.55. The second-order valence-electron chi connectivity index (χ2n) is 7.21. The molecule has 2 aromatic rings. The number of alkyl halides is 3. The lowest BCUT2D eigenvalue weighted by Crippen LogP contribution is -2.45. The summed E-state index contributed by atoms with van der Waals surface area (Å²) in [5.41, 5.74) is 1.35. The largest absolute Gasteiger partial charge is 0.416 e. The topological polar surface area (TPSA) is 40.6 Å². The van der Waals surface area contributed by atoms with Crippen LogP contribution in [-0.4, -0.2) is 30.1 Å². The molecule has 0 N–H and O–H groups in total. The normalized spacial score (nSPS) is 21.6. The van der Waals surface area contributed by atoms with Crippen LogP contribution >= 0.6 is 0 Å². The first-order chi connectivity index (χ1) is 13.3. The monoisotopic (exact) mass is 410 g/mol. The molecule has 0 amide bonds. The summed E-state index contributed by atoms with van der Waals surface area (Å²) in [5.74, 6) is 0. The van der Waals surface area contributed by atoms with Crippen LogP contribution < -0.4 is 0 Å². The van der Waals surface area contributed by atoms with Crippen molar-refractivity contribution in [3.05, 3.63) is 70.8 Å². The van der Waals surface area contributed by atoms with Crippen LogP contribution in [0, 0.1) is 0 Å². The minimum Gasteiger partial charge on any atom is -0.195 e. The summed E-state index contributed by atoms with van der Waals surface area (Å²) in [4.78, 5) is 0. The molecule has 2 aliphatic heterocycles. The predicted molar refractivity (Wildman–Crippen MR) is 99.6 cm³/mol. The molecule has 2 aliphatic rings. The number of nitrogens with zero attached hydrogens (tertiary/aromatic N) is 2. The second-order valence-corrected chi connectivity index (χ2v) is 9.09. The van der Waals surface area contributed by atoms with E-state index in [-0.39, 0.29) is 18.7 Å². The smallest absolute Gasteiger partial charge is 0.195 e. The number of hydrogen-bond acceptors (Lipinski definition) is 2. The van der Waals surface area contributed by atoms with Crippen molar-refractivity contribution in [1.29, 1.82) is 0 Å². The van der Waals surface area contributed by atoms with Crippen LogP contribution in [0.25, 0.3) is 0 Å². The number of hydrogen-bond donors (Lipinski definition) is 0. The Morgan fingerprint density at radius 1 is 0.929 bits per heavy atom. The molecule has 0 aromatic heterocycles. The van der Waals surface area contributed by atoms with E-state index in [1.54, 1.807) is 0 Å². The molecule has 0 saturated carbocycles. The van der Waals surface area contributed by atoms with Gasteiger partial charge < -0.3 is 0 Å². The van der Waals surface area contributed by atoms with Gasteiger partial charge in [-0.15, -0.1) is 0 Å². The van der Waals surface area contributed by atoms with Crippen LogP contribution in [-0.2, 0) is 29.4 Å². The van der Waals surface area contributed by atoms with Crippen LogP contribution in [0.4, 0.5) is 13.2 Å². The van der Waals surface area contributed by atoms with Gasteiger partial charge in [0.2, 0.25) is 0 Å². The Hall–Kier alpha value is -1.90. The van der Waals surface area contributed by atoms with Crippen LogP contribution in [0.2, 0.25) is 0 Å². The van der Waals surface area contributed by atoms with E-state index in [2.05, 4.69) is 0 Å². The lowest BCUT2D eigenvalue weighted by Gasteiger charge is -2.34. The minimum absolute atomic E-state index is 0.0356. The Morgan fingerprint density at radius 2 is 1.61 bits per heavy atom. The fourth-order valence-electron chi connectivity index (χ4n) is 4.19. The lowest BCUT2D eigenvalue weighted by atomic mass is 9.99. The first kappa shape index (κ1) is 19.4. The van der Waals surface area contributed by atoms with Gasteiger partial charge in [-0.3, -0.25) is 0 Å². The molecule has 1 unspecified atom stereocenters. The average molecular weight is 410 g/mol. The predicted octanol–water partition coefficient (Wildman–Crippen LogP) is 4.15. The molecule has 2 aromatic carbocycles. The lowest BCUT2D eigenvalue weighted by molar-refractivity contribution is -0.138. The Labute approximate surface area is 162 Å². The molecular weight excluding hydrogens is 389 g/mol. The summed E-state index contributed by atoms with van der Waals surface area (Å²) in [6.07, 6.45) is -2.98. The second kappa shape index (κ2) is 7.17.